The summed E-state index contributed by atoms with van der Waals surface area (Å²) in [5.74, 6) is -0.759. The highest BCUT2D eigenvalue weighted by atomic mass is 32.1. The fourth-order valence-electron chi connectivity index (χ4n) is 2.17. The first-order valence-corrected chi connectivity index (χ1v) is 6.64. The van der Waals surface area contributed by atoms with Crippen LogP contribution in [-0.2, 0) is 16.0 Å². The van der Waals surface area contributed by atoms with Crippen molar-refractivity contribution in [3.8, 4) is 0 Å². The molecule has 2 rings (SSSR count). The van der Waals surface area contributed by atoms with E-state index in [2.05, 4.69) is 0 Å². The lowest BCUT2D eigenvalue weighted by molar-refractivity contribution is -0.153. The molecule has 0 aliphatic carbocycles. The van der Waals surface area contributed by atoms with Crippen LogP contribution in [0.15, 0.2) is 16.8 Å². The van der Waals surface area contributed by atoms with Gasteiger partial charge in [-0.1, -0.05) is 0 Å². The molecule has 0 amide bonds. The zero-order valence-corrected chi connectivity index (χ0v) is 10.7. The highest BCUT2D eigenvalue weighted by molar-refractivity contribution is 7.07. The van der Waals surface area contributed by atoms with Crippen LogP contribution in [0.2, 0.25) is 0 Å². The molecule has 5 heteroatoms. The first-order valence-electron chi connectivity index (χ1n) is 5.70. The van der Waals surface area contributed by atoms with Crippen LogP contribution in [0.1, 0.15) is 12.5 Å². The molecule has 1 aromatic rings. The first-order chi connectivity index (χ1) is 8.13. The SMILES string of the molecule is CC(Cc1ccsc1)(C(=O)O)N1CCOCC1. The quantitative estimate of drug-likeness (QED) is 0.885. The highest BCUT2D eigenvalue weighted by Crippen LogP contribution is 2.23. The predicted octanol–water partition coefficient (Wildman–Crippen LogP) is 1.47. The number of nitrogens with zero attached hydrogens (tertiary/aromatic N) is 1. The van der Waals surface area contributed by atoms with Crippen molar-refractivity contribution in [2.75, 3.05) is 26.3 Å². The van der Waals surface area contributed by atoms with E-state index >= 15 is 0 Å². The normalized spacial score (nSPS) is 21.0. The molecule has 4 nitrogen and oxygen atoms in total. The number of rotatable bonds is 4. The van der Waals surface area contributed by atoms with Crippen LogP contribution < -0.4 is 0 Å². The van der Waals surface area contributed by atoms with Crippen LogP contribution in [0, 0.1) is 0 Å². The van der Waals surface area contributed by atoms with Gasteiger partial charge >= 0.3 is 5.97 Å². The molecule has 1 unspecified atom stereocenters. The van der Waals surface area contributed by atoms with Crippen LogP contribution in [0.4, 0.5) is 0 Å². The summed E-state index contributed by atoms with van der Waals surface area (Å²) in [7, 11) is 0. The molecule has 2 heterocycles. The van der Waals surface area contributed by atoms with Crippen molar-refractivity contribution in [3.63, 3.8) is 0 Å². The van der Waals surface area contributed by atoms with Gasteiger partial charge in [-0.15, -0.1) is 0 Å². The molecule has 1 aliphatic rings. The number of carboxylic acid groups (broad SMARTS) is 1. The van der Waals surface area contributed by atoms with Gasteiger partial charge in [0.1, 0.15) is 5.54 Å². The summed E-state index contributed by atoms with van der Waals surface area (Å²) in [5, 5.41) is 13.5. The van der Waals surface area contributed by atoms with Crippen molar-refractivity contribution in [2.24, 2.45) is 0 Å². The van der Waals surface area contributed by atoms with Gasteiger partial charge in [-0.2, -0.15) is 11.3 Å². The van der Waals surface area contributed by atoms with Crippen LogP contribution in [0.5, 0.6) is 0 Å². The Labute approximate surface area is 105 Å². The van der Waals surface area contributed by atoms with Crippen molar-refractivity contribution in [3.05, 3.63) is 22.4 Å². The molecule has 94 valence electrons. The van der Waals surface area contributed by atoms with Gasteiger partial charge in [0.15, 0.2) is 0 Å². The van der Waals surface area contributed by atoms with Crippen molar-refractivity contribution in [1.29, 1.82) is 0 Å². The number of carboxylic acids is 1. The Hall–Kier alpha value is -0.910. The number of morpholine rings is 1. The molecule has 1 aliphatic heterocycles. The lowest BCUT2D eigenvalue weighted by Gasteiger charge is -2.40. The molecule has 17 heavy (non-hydrogen) atoms. The van der Waals surface area contributed by atoms with Crippen molar-refractivity contribution < 1.29 is 14.6 Å². The summed E-state index contributed by atoms with van der Waals surface area (Å²) in [5.41, 5.74) is 0.261. The Morgan fingerprint density at radius 2 is 2.29 bits per heavy atom. The van der Waals surface area contributed by atoms with Crippen molar-refractivity contribution in [1.82, 2.24) is 4.90 Å². The predicted molar refractivity (Wildman–Crippen MR) is 66.5 cm³/mol. The van der Waals surface area contributed by atoms with E-state index < -0.39 is 11.5 Å². The van der Waals surface area contributed by atoms with Crippen LogP contribution >= 0.6 is 11.3 Å². The fraction of sp³-hybridized carbons (Fsp3) is 0.583. The minimum absolute atomic E-state index is 0.547. The minimum atomic E-state index is -0.829. The van der Waals surface area contributed by atoms with Crippen LogP contribution in [-0.4, -0.2) is 47.8 Å². The molecule has 0 bridgehead atoms. The van der Waals surface area contributed by atoms with E-state index in [0.29, 0.717) is 32.7 Å². The second kappa shape index (κ2) is 5.16. The first kappa shape index (κ1) is 12.5. The third kappa shape index (κ3) is 2.68. The van der Waals surface area contributed by atoms with Gasteiger partial charge < -0.3 is 9.84 Å². The third-order valence-corrected chi connectivity index (χ3v) is 4.03. The molecule has 1 aromatic heterocycles. The largest absolute Gasteiger partial charge is 0.480 e. The van der Waals surface area contributed by atoms with E-state index in [1.807, 2.05) is 21.7 Å². The molecule has 1 atom stereocenters. The summed E-state index contributed by atoms with van der Waals surface area (Å²) >= 11 is 1.60. The van der Waals surface area contributed by atoms with Crippen LogP contribution in [0.3, 0.4) is 0 Å². The Morgan fingerprint density at radius 1 is 1.59 bits per heavy atom. The average Bonchev–Trinajstić information content (AvgIpc) is 2.82. The summed E-state index contributed by atoms with van der Waals surface area (Å²) < 4.78 is 5.28. The zero-order valence-electron chi connectivity index (χ0n) is 9.89. The standard InChI is InChI=1S/C12H17NO3S/c1-12(11(14)15,8-10-2-7-17-9-10)13-3-5-16-6-4-13/h2,7,9H,3-6,8H2,1H3,(H,14,15). The maximum atomic E-state index is 11.6. The number of carbonyl (C=O) groups is 1. The maximum Gasteiger partial charge on any atom is 0.324 e. The molecular formula is C12H17NO3S. The highest BCUT2D eigenvalue weighted by Gasteiger charge is 2.40. The van der Waals surface area contributed by atoms with E-state index in [9.17, 15) is 9.90 Å². The second-order valence-corrected chi connectivity index (χ2v) is 5.27. The lowest BCUT2D eigenvalue weighted by atomic mass is 9.91. The van der Waals surface area contributed by atoms with E-state index in [-0.39, 0.29) is 0 Å². The molecular weight excluding hydrogens is 238 g/mol. The maximum absolute atomic E-state index is 11.6. The average molecular weight is 255 g/mol. The molecule has 0 aromatic carbocycles. The number of hydrogen-bond acceptors (Lipinski definition) is 4. The minimum Gasteiger partial charge on any atom is -0.480 e. The molecule has 1 N–H and O–H groups in total. The fourth-order valence-corrected chi connectivity index (χ4v) is 2.84. The summed E-state index contributed by atoms with van der Waals surface area (Å²) in [6.45, 7) is 4.41. The smallest absolute Gasteiger partial charge is 0.324 e. The van der Waals surface area contributed by atoms with Crippen LogP contribution in [0.25, 0.3) is 0 Å². The van der Waals surface area contributed by atoms with E-state index in [1.165, 1.54) is 0 Å². The van der Waals surface area contributed by atoms with Crippen molar-refractivity contribution in [2.45, 2.75) is 18.9 Å². The summed E-state index contributed by atoms with van der Waals surface area (Å²) in [6.07, 6.45) is 0.547. The summed E-state index contributed by atoms with van der Waals surface area (Å²) in [4.78, 5) is 13.6. The third-order valence-electron chi connectivity index (χ3n) is 3.30. The monoisotopic (exact) mass is 255 g/mol. The Balaban J connectivity index is 2.16. The van der Waals surface area contributed by atoms with E-state index in [1.54, 1.807) is 18.3 Å². The molecule has 0 saturated carbocycles. The number of aliphatic carboxylic acids is 1. The Morgan fingerprint density at radius 3 is 2.82 bits per heavy atom. The zero-order chi connectivity index (χ0) is 12.3. The van der Waals surface area contributed by atoms with Gasteiger partial charge in [-0.25, -0.2) is 0 Å². The van der Waals surface area contributed by atoms with Gasteiger partial charge in [0, 0.05) is 19.5 Å². The lowest BCUT2D eigenvalue weighted by Crippen LogP contribution is -2.57. The van der Waals surface area contributed by atoms with Gasteiger partial charge in [0.2, 0.25) is 0 Å². The van der Waals surface area contributed by atoms with Gasteiger partial charge in [0.25, 0.3) is 0 Å². The molecule has 1 fully saturated rings. The van der Waals surface area contributed by atoms with Gasteiger partial charge in [-0.3, -0.25) is 9.69 Å². The number of ether oxygens (including phenoxy) is 1. The second-order valence-electron chi connectivity index (χ2n) is 4.49. The summed E-state index contributed by atoms with van der Waals surface area (Å²) in [6, 6.07) is 1.99. The van der Waals surface area contributed by atoms with Gasteiger partial charge in [0.05, 0.1) is 13.2 Å². The van der Waals surface area contributed by atoms with Crippen molar-refractivity contribution >= 4 is 17.3 Å². The number of thiophene rings is 1. The van der Waals surface area contributed by atoms with Gasteiger partial charge in [-0.05, 0) is 29.3 Å². The molecule has 0 radical (unpaired) electrons. The molecule has 1 saturated heterocycles. The topological polar surface area (TPSA) is 49.8 Å². The Kier molecular flexibility index (Phi) is 3.81. The Bertz CT molecular complexity index is 373. The number of hydrogen-bond donors (Lipinski definition) is 1. The van der Waals surface area contributed by atoms with E-state index in [4.69, 9.17) is 4.74 Å². The molecule has 0 spiro atoms. The van der Waals surface area contributed by atoms with E-state index in [0.717, 1.165) is 5.56 Å².